The van der Waals surface area contributed by atoms with Crippen molar-refractivity contribution in [2.75, 3.05) is 6.54 Å². The Kier molecular flexibility index (Phi) is 5.91. The first kappa shape index (κ1) is 16.5. The average Bonchev–Trinajstić information content (AvgIpc) is 2.96. The second-order valence-electron chi connectivity index (χ2n) is 4.96. The van der Waals surface area contributed by atoms with Gasteiger partial charge in [0.2, 0.25) is 17.6 Å². The molecule has 0 aliphatic rings. The molecule has 1 atom stereocenters. The van der Waals surface area contributed by atoms with Crippen molar-refractivity contribution in [3.05, 3.63) is 35.2 Å². The lowest BCUT2D eigenvalue weighted by Crippen LogP contribution is -2.41. The van der Waals surface area contributed by atoms with Gasteiger partial charge in [0.15, 0.2) is 0 Å². The Morgan fingerprint density at radius 1 is 1.50 bits per heavy atom. The van der Waals surface area contributed by atoms with Gasteiger partial charge in [-0.15, -0.1) is 0 Å². The Morgan fingerprint density at radius 3 is 3.05 bits per heavy atom. The number of aromatic nitrogens is 2. The Hall–Kier alpha value is -1.92. The number of rotatable bonds is 7. The van der Waals surface area contributed by atoms with E-state index in [-0.39, 0.29) is 5.91 Å². The fourth-order valence-electron chi connectivity index (χ4n) is 1.97. The molecule has 118 valence electrons. The smallest absolute Gasteiger partial charge is 0.236 e. The summed E-state index contributed by atoms with van der Waals surface area (Å²) >= 11 is 5.93. The molecule has 6 nitrogen and oxygen atoms in total. The van der Waals surface area contributed by atoms with E-state index in [0.717, 1.165) is 12.0 Å². The summed E-state index contributed by atoms with van der Waals surface area (Å²) in [6.07, 6.45) is 2.00. The molecule has 2 rings (SSSR count). The number of benzene rings is 1. The molecule has 1 heterocycles. The zero-order chi connectivity index (χ0) is 15.9. The van der Waals surface area contributed by atoms with Crippen molar-refractivity contribution in [2.45, 2.75) is 32.2 Å². The minimum atomic E-state index is -0.463. The summed E-state index contributed by atoms with van der Waals surface area (Å²) in [6, 6.07) is 6.76. The van der Waals surface area contributed by atoms with Crippen LogP contribution in [0.25, 0.3) is 11.4 Å². The normalized spacial score (nSPS) is 12.1. The number of amides is 1. The van der Waals surface area contributed by atoms with Gasteiger partial charge in [0.1, 0.15) is 0 Å². The molecule has 1 aromatic heterocycles. The molecule has 3 N–H and O–H groups in total. The summed E-state index contributed by atoms with van der Waals surface area (Å²) < 4.78 is 5.16. The predicted molar refractivity (Wildman–Crippen MR) is 84.3 cm³/mol. The first-order chi connectivity index (χ1) is 10.6. The summed E-state index contributed by atoms with van der Waals surface area (Å²) in [4.78, 5) is 16.0. The highest BCUT2D eigenvalue weighted by atomic mass is 35.5. The van der Waals surface area contributed by atoms with Crippen LogP contribution in [0.3, 0.4) is 0 Å². The predicted octanol–water partition coefficient (Wildman–Crippen LogP) is 2.18. The van der Waals surface area contributed by atoms with Gasteiger partial charge in [-0.2, -0.15) is 4.98 Å². The van der Waals surface area contributed by atoms with Crippen molar-refractivity contribution in [1.82, 2.24) is 15.5 Å². The van der Waals surface area contributed by atoms with Crippen molar-refractivity contribution in [3.8, 4) is 11.4 Å². The summed E-state index contributed by atoms with van der Waals surface area (Å²) in [5.41, 5.74) is 6.51. The van der Waals surface area contributed by atoms with Crippen LogP contribution in [0.1, 0.15) is 25.7 Å². The maximum Gasteiger partial charge on any atom is 0.236 e. The lowest BCUT2D eigenvalue weighted by atomic mass is 10.2. The van der Waals surface area contributed by atoms with Gasteiger partial charge in [-0.25, -0.2) is 0 Å². The molecule has 0 saturated heterocycles. The number of nitrogens with two attached hydrogens (primary N) is 1. The molecule has 0 fully saturated rings. The molecule has 0 aliphatic heterocycles. The topological polar surface area (TPSA) is 94.0 Å². The van der Waals surface area contributed by atoms with E-state index in [1.807, 2.05) is 19.1 Å². The molecule has 7 heteroatoms. The Labute approximate surface area is 134 Å². The third kappa shape index (κ3) is 4.54. The van der Waals surface area contributed by atoms with Crippen LogP contribution in [0.4, 0.5) is 0 Å². The summed E-state index contributed by atoms with van der Waals surface area (Å²) in [7, 11) is 0. The molecular weight excluding hydrogens is 304 g/mol. The number of hydrogen-bond donors (Lipinski definition) is 2. The molecule has 1 unspecified atom stereocenters. The zero-order valence-corrected chi connectivity index (χ0v) is 13.1. The van der Waals surface area contributed by atoms with Gasteiger partial charge in [-0.05, 0) is 18.6 Å². The maximum absolute atomic E-state index is 11.7. The van der Waals surface area contributed by atoms with Gasteiger partial charge in [0, 0.05) is 23.6 Å². The van der Waals surface area contributed by atoms with E-state index >= 15 is 0 Å². The number of carbonyl (C=O) groups is 1. The number of carbonyl (C=O) groups excluding carboxylic acids is 1. The van der Waals surface area contributed by atoms with Crippen molar-refractivity contribution < 1.29 is 9.32 Å². The van der Waals surface area contributed by atoms with E-state index in [0.29, 0.717) is 36.1 Å². The van der Waals surface area contributed by atoms with Crippen molar-refractivity contribution in [2.24, 2.45) is 5.73 Å². The Morgan fingerprint density at radius 2 is 2.32 bits per heavy atom. The van der Waals surface area contributed by atoms with Gasteiger partial charge in [-0.1, -0.05) is 42.2 Å². The van der Waals surface area contributed by atoms with Crippen LogP contribution in [-0.4, -0.2) is 28.6 Å². The fraction of sp³-hybridized carbons (Fsp3) is 0.400. The van der Waals surface area contributed by atoms with Crippen LogP contribution < -0.4 is 11.1 Å². The molecular formula is C15H19ClN4O2. The number of nitrogens with zero attached hydrogens (tertiary/aromatic N) is 2. The zero-order valence-electron chi connectivity index (χ0n) is 12.4. The second kappa shape index (κ2) is 7.91. The molecule has 22 heavy (non-hydrogen) atoms. The van der Waals surface area contributed by atoms with E-state index in [1.165, 1.54) is 0 Å². The standard InChI is InChI=1S/C15H19ClN4O2/c1-2-4-12(17)15(21)18-8-7-13-19-14(20-22-13)10-5-3-6-11(16)9-10/h3,5-6,9,12H,2,4,7-8,17H2,1H3,(H,18,21). The molecule has 0 spiro atoms. The molecule has 2 aromatic rings. The van der Waals surface area contributed by atoms with Gasteiger partial charge in [0.25, 0.3) is 0 Å². The lowest BCUT2D eigenvalue weighted by molar-refractivity contribution is -0.122. The molecule has 1 aromatic carbocycles. The minimum Gasteiger partial charge on any atom is -0.354 e. The van der Waals surface area contributed by atoms with Crippen LogP contribution in [0.15, 0.2) is 28.8 Å². The van der Waals surface area contributed by atoms with E-state index < -0.39 is 6.04 Å². The summed E-state index contributed by atoms with van der Waals surface area (Å²) in [6.45, 7) is 2.40. The first-order valence-electron chi connectivity index (χ1n) is 7.22. The van der Waals surface area contributed by atoms with E-state index in [2.05, 4.69) is 15.5 Å². The minimum absolute atomic E-state index is 0.156. The maximum atomic E-state index is 11.7. The Bertz CT molecular complexity index is 630. The van der Waals surface area contributed by atoms with Gasteiger partial charge in [0.05, 0.1) is 6.04 Å². The van der Waals surface area contributed by atoms with Crippen molar-refractivity contribution in [3.63, 3.8) is 0 Å². The van der Waals surface area contributed by atoms with Crippen LogP contribution >= 0.6 is 11.6 Å². The molecule has 0 bridgehead atoms. The van der Waals surface area contributed by atoms with E-state index in [4.69, 9.17) is 21.9 Å². The Balaban J connectivity index is 1.86. The summed E-state index contributed by atoms with van der Waals surface area (Å²) in [5, 5.41) is 7.28. The average molecular weight is 323 g/mol. The van der Waals surface area contributed by atoms with Crippen LogP contribution in [0.5, 0.6) is 0 Å². The SMILES string of the molecule is CCCC(N)C(=O)NCCc1nc(-c2cccc(Cl)c2)no1. The first-order valence-corrected chi connectivity index (χ1v) is 7.59. The third-order valence-corrected chi connectivity index (χ3v) is 3.36. The van der Waals surface area contributed by atoms with Gasteiger partial charge >= 0.3 is 0 Å². The van der Waals surface area contributed by atoms with Crippen LogP contribution in [-0.2, 0) is 11.2 Å². The highest BCUT2D eigenvalue weighted by Crippen LogP contribution is 2.19. The quantitative estimate of drug-likeness (QED) is 0.814. The van der Waals surface area contributed by atoms with Crippen LogP contribution in [0.2, 0.25) is 5.02 Å². The number of halogens is 1. The third-order valence-electron chi connectivity index (χ3n) is 3.13. The largest absolute Gasteiger partial charge is 0.354 e. The molecule has 0 radical (unpaired) electrons. The van der Waals surface area contributed by atoms with Gasteiger partial charge < -0.3 is 15.6 Å². The second-order valence-corrected chi connectivity index (χ2v) is 5.39. The highest BCUT2D eigenvalue weighted by molar-refractivity contribution is 6.30. The van der Waals surface area contributed by atoms with Crippen LogP contribution in [0, 0.1) is 0 Å². The molecule has 0 aliphatic carbocycles. The highest BCUT2D eigenvalue weighted by Gasteiger charge is 2.13. The van der Waals surface area contributed by atoms with E-state index in [9.17, 15) is 4.79 Å². The molecule has 1 amide bonds. The molecule has 0 saturated carbocycles. The van der Waals surface area contributed by atoms with Gasteiger partial charge in [-0.3, -0.25) is 4.79 Å². The van der Waals surface area contributed by atoms with Crippen molar-refractivity contribution in [1.29, 1.82) is 0 Å². The number of hydrogen-bond acceptors (Lipinski definition) is 5. The number of nitrogens with one attached hydrogen (secondary N) is 1. The monoisotopic (exact) mass is 322 g/mol. The fourth-order valence-corrected chi connectivity index (χ4v) is 2.16. The van der Waals surface area contributed by atoms with Crippen molar-refractivity contribution >= 4 is 17.5 Å². The van der Waals surface area contributed by atoms with E-state index in [1.54, 1.807) is 12.1 Å². The lowest BCUT2D eigenvalue weighted by Gasteiger charge is -2.09. The summed E-state index contributed by atoms with van der Waals surface area (Å²) in [5.74, 6) is 0.780.